The van der Waals surface area contributed by atoms with E-state index in [1.807, 2.05) is 13.8 Å². The zero-order chi connectivity index (χ0) is 20.5. The van der Waals surface area contributed by atoms with Crippen molar-refractivity contribution in [2.24, 2.45) is 11.7 Å². The fourth-order valence-electron chi connectivity index (χ4n) is 2.15. The van der Waals surface area contributed by atoms with Crippen molar-refractivity contribution in [3.63, 3.8) is 0 Å². The van der Waals surface area contributed by atoms with Gasteiger partial charge in [-0.25, -0.2) is 0 Å². The second-order valence-corrected chi connectivity index (χ2v) is 7.84. The minimum atomic E-state index is -0.843. The van der Waals surface area contributed by atoms with Crippen molar-refractivity contribution in [3.05, 3.63) is 0 Å². The van der Waals surface area contributed by atoms with Crippen LogP contribution in [-0.2, 0) is 23.9 Å². The summed E-state index contributed by atoms with van der Waals surface area (Å²) in [6, 6.07) is -2.37. The van der Waals surface area contributed by atoms with Gasteiger partial charge in [-0.2, -0.15) is 0 Å². The molecule has 0 bridgehead atoms. The normalized spacial score (nSPS) is 14.9. The Bertz CT molecular complexity index is 500. The largest absolute Gasteiger partial charge is 0.460 e. The number of carbonyl (C=O) groups excluding carboxylic acids is 4. The number of ether oxygens (including phenoxy) is 1. The molecule has 0 spiro atoms. The number of aldehydes is 1. The zero-order valence-corrected chi connectivity index (χ0v) is 16.6. The molecule has 1 unspecified atom stereocenters. The van der Waals surface area contributed by atoms with Crippen LogP contribution in [0.2, 0.25) is 0 Å². The number of nitrogens with two attached hydrogens (primary N) is 1. The molecule has 0 aromatic heterocycles. The standard InChI is InChI=1S/C18H33N3O5/c1-11(2)9-14(19)17(25)20-12(3)16(24)21-13(10-22)7-8-15(23)26-18(4,5)6/h10-14H,7-9,19H2,1-6H3,(H,20,25)(H,21,24)/t12-,13?,14+/m0/s1. The molecule has 2 amide bonds. The lowest BCUT2D eigenvalue weighted by molar-refractivity contribution is -0.155. The highest BCUT2D eigenvalue weighted by molar-refractivity contribution is 5.90. The first kappa shape index (κ1) is 24.0. The summed E-state index contributed by atoms with van der Waals surface area (Å²) in [6.45, 7) is 10.6. The van der Waals surface area contributed by atoms with Gasteiger partial charge in [-0.05, 0) is 46.5 Å². The van der Waals surface area contributed by atoms with Crippen molar-refractivity contribution in [1.29, 1.82) is 0 Å². The van der Waals surface area contributed by atoms with E-state index in [-0.39, 0.29) is 18.8 Å². The van der Waals surface area contributed by atoms with Gasteiger partial charge in [-0.1, -0.05) is 13.8 Å². The lowest BCUT2D eigenvalue weighted by Crippen LogP contribution is -2.52. The van der Waals surface area contributed by atoms with E-state index in [1.54, 1.807) is 20.8 Å². The summed E-state index contributed by atoms with van der Waals surface area (Å²) in [4.78, 5) is 46.9. The van der Waals surface area contributed by atoms with Crippen LogP contribution in [0.1, 0.15) is 60.8 Å². The van der Waals surface area contributed by atoms with E-state index in [0.29, 0.717) is 12.7 Å². The molecular weight excluding hydrogens is 338 g/mol. The van der Waals surface area contributed by atoms with Gasteiger partial charge in [-0.3, -0.25) is 14.4 Å². The fraction of sp³-hybridized carbons (Fsp3) is 0.778. The third kappa shape index (κ3) is 10.8. The van der Waals surface area contributed by atoms with E-state index < -0.39 is 41.5 Å². The van der Waals surface area contributed by atoms with E-state index in [1.165, 1.54) is 6.92 Å². The topological polar surface area (TPSA) is 128 Å². The van der Waals surface area contributed by atoms with E-state index in [9.17, 15) is 19.2 Å². The summed E-state index contributed by atoms with van der Waals surface area (Å²) in [5.41, 5.74) is 5.17. The third-order valence-electron chi connectivity index (χ3n) is 3.39. The highest BCUT2D eigenvalue weighted by Gasteiger charge is 2.23. The molecule has 0 aromatic carbocycles. The molecule has 0 saturated carbocycles. The molecular formula is C18H33N3O5. The zero-order valence-electron chi connectivity index (χ0n) is 16.6. The molecule has 8 nitrogen and oxygen atoms in total. The van der Waals surface area contributed by atoms with Crippen LogP contribution < -0.4 is 16.4 Å². The summed E-state index contributed by atoms with van der Waals surface area (Å²) in [5, 5.41) is 5.03. The van der Waals surface area contributed by atoms with E-state index in [4.69, 9.17) is 10.5 Å². The Morgan fingerprint density at radius 2 is 1.65 bits per heavy atom. The third-order valence-corrected chi connectivity index (χ3v) is 3.39. The van der Waals surface area contributed by atoms with Gasteiger partial charge >= 0.3 is 5.97 Å². The Kier molecular flexibility index (Phi) is 10.1. The predicted octanol–water partition coefficient (Wildman–Crippen LogP) is 0.670. The molecule has 0 aliphatic heterocycles. The molecule has 0 heterocycles. The molecule has 0 aliphatic rings. The van der Waals surface area contributed by atoms with Gasteiger partial charge in [-0.15, -0.1) is 0 Å². The second-order valence-electron chi connectivity index (χ2n) is 7.84. The van der Waals surface area contributed by atoms with Crippen LogP contribution in [-0.4, -0.2) is 47.8 Å². The fourth-order valence-corrected chi connectivity index (χ4v) is 2.15. The molecule has 26 heavy (non-hydrogen) atoms. The molecule has 0 fully saturated rings. The van der Waals surface area contributed by atoms with Gasteiger partial charge in [0.05, 0.1) is 12.1 Å². The molecule has 0 aromatic rings. The minimum Gasteiger partial charge on any atom is -0.460 e. The number of rotatable bonds is 10. The highest BCUT2D eigenvalue weighted by Crippen LogP contribution is 2.10. The number of carbonyl (C=O) groups is 4. The van der Waals surface area contributed by atoms with Gasteiger partial charge < -0.3 is 25.9 Å². The van der Waals surface area contributed by atoms with E-state index >= 15 is 0 Å². The van der Waals surface area contributed by atoms with Crippen LogP contribution >= 0.6 is 0 Å². The maximum absolute atomic E-state index is 12.1. The average molecular weight is 371 g/mol. The van der Waals surface area contributed by atoms with Gasteiger partial charge in [0, 0.05) is 6.42 Å². The lowest BCUT2D eigenvalue weighted by Gasteiger charge is -2.21. The van der Waals surface area contributed by atoms with Crippen LogP contribution in [0.5, 0.6) is 0 Å². The summed E-state index contributed by atoms with van der Waals surface area (Å²) in [6.07, 6.45) is 1.19. The minimum absolute atomic E-state index is 0.000952. The van der Waals surface area contributed by atoms with Gasteiger partial charge in [0.25, 0.3) is 0 Å². The molecule has 0 rings (SSSR count). The van der Waals surface area contributed by atoms with Crippen LogP contribution in [0.4, 0.5) is 0 Å². The predicted molar refractivity (Wildman–Crippen MR) is 98.1 cm³/mol. The SMILES string of the molecule is CC(C)C[C@@H](N)C(=O)N[C@@H](C)C(=O)NC(C=O)CCC(=O)OC(C)(C)C. The number of nitrogens with one attached hydrogen (secondary N) is 2. The average Bonchev–Trinajstić information content (AvgIpc) is 2.48. The molecule has 0 aliphatic carbocycles. The van der Waals surface area contributed by atoms with Crippen LogP contribution in [0.15, 0.2) is 0 Å². The van der Waals surface area contributed by atoms with Gasteiger partial charge in [0.2, 0.25) is 11.8 Å². The van der Waals surface area contributed by atoms with Crippen molar-refractivity contribution in [3.8, 4) is 0 Å². The van der Waals surface area contributed by atoms with Crippen molar-refractivity contribution in [2.75, 3.05) is 0 Å². The highest BCUT2D eigenvalue weighted by atomic mass is 16.6. The number of amides is 2. The number of hydrogen-bond acceptors (Lipinski definition) is 6. The van der Waals surface area contributed by atoms with Crippen molar-refractivity contribution >= 4 is 24.1 Å². The van der Waals surface area contributed by atoms with Crippen molar-refractivity contribution < 1.29 is 23.9 Å². The molecule has 150 valence electrons. The van der Waals surface area contributed by atoms with Crippen LogP contribution in [0.3, 0.4) is 0 Å². The molecule has 0 saturated heterocycles. The smallest absolute Gasteiger partial charge is 0.306 e. The Morgan fingerprint density at radius 3 is 2.12 bits per heavy atom. The maximum Gasteiger partial charge on any atom is 0.306 e. The van der Waals surface area contributed by atoms with Crippen molar-refractivity contribution in [2.45, 2.75) is 84.5 Å². The Hall–Kier alpha value is -1.96. The Balaban J connectivity index is 4.45. The first-order valence-corrected chi connectivity index (χ1v) is 8.89. The van der Waals surface area contributed by atoms with Gasteiger partial charge in [0.1, 0.15) is 17.9 Å². The molecule has 4 N–H and O–H groups in total. The van der Waals surface area contributed by atoms with Crippen LogP contribution in [0, 0.1) is 5.92 Å². The Morgan fingerprint density at radius 1 is 1.08 bits per heavy atom. The number of esters is 1. The lowest BCUT2D eigenvalue weighted by atomic mass is 10.0. The monoisotopic (exact) mass is 371 g/mol. The second kappa shape index (κ2) is 10.9. The molecule has 0 radical (unpaired) electrons. The summed E-state index contributed by atoms with van der Waals surface area (Å²) in [5.74, 6) is -1.12. The molecule has 3 atom stereocenters. The van der Waals surface area contributed by atoms with Gasteiger partial charge in [0.15, 0.2) is 0 Å². The first-order valence-electron chi connectivity index (χ1n) is 8.89. The summed E-state index contributed by atoms with van der Waals surface area (Å²) >= 11 is 0. The summed E-state index contributed by atoms with van der Waals surface area (Å²) in [7, 11) is 0. The first-order chi connectivity index (χ1) is 11.9. The summed E-state index contributed by atoms with van der Waals surface area (Å²) < 4.78 is 5.16. The quantitative estimate of drug-likeness (QED) is 0.382. The number of hydrogen-bond donors (Lipinski definition) is 3. The van der Waals surface area contributed by atoms with Crippen molar-refractivity contribution in [1.82, 2.24) is 10.6 Å². The van der Waals surface area contributed by atoms with E-state index in [0.717, 1.165) is 0 Å². The van der Waals surface area contributed by atoms with Crippen LogP contribution in [0.25, 0.3) is 0 Å². The van der Waals surface area contributed by atoms with E-state index in [2.05, 4.69) is 10.6 Å². The Labute approximate surface area is 155 Å². The molecule has 8 heteroatoms. The maximum atomic E-state index is 12.1.